The summed E-state index contributed by atoms with van der Waals surface area (Å²) < 4.78 is 9.88. The summed E-state index contributed by atoms with van der Waals surface area (Å²) in [5, 5.41) is 2.52. The molecule has 0 unspecified atom stereocenters. The van der Waals surface area contributed by atoms with Gasteiger partial charge in [-0.05, 0) is 32.3 Å². The maximum Gasteiger partial charge on any atom is 0.407 e. The molecular formula is C17H23NO4. The van der Waals surface area contributed by atoms with Gasteiger partial charge in [-0.2, -0.15) is 0 Å². The first-order valence-electron chi connectivity index (χ1n) is 7.28. The van der Waals surface area contributed by atoms with E-state index in [1.165, 1.54) is 11.1 Å². The molecule has 1 N–H and O–H groups in total. The van der Waals surface area contributed by atoms with E-state index in [1.807, 2.05) is 19.1 Å². The number of esters is 1. The van der Waals surface area contributed by atoms with Crippen molar-refractivity contribution in [2.45, 2.75) is 26.7 Å². The topological polar surface area (TPSA) is 64.6 Å². The SMILES string of the molecule is C=C(C)C(=O)OCCNC(=O)OCCCc1cccc(C)c1. The first-order chi connectivity index (χ1) is 10.5. The lowest BCUT2D eigenvalue weighted by atomic mass is 10.1. The van der Waals surface area contributed by atoms with Gasteiger partial charge in [-0.25, -0.2) is 9.59 Å². The minimum Gasteiger partial charge on any atom is -0.460 e. The van der Waals surface area contributed by atoms with Gasteiger partial charge in [-0.15, -0.1) is 0 Å². The number of carbonyl (C=O) groups is 2. The Balaban J connectivity index is 2.06. The summed E-state index contributed by atoms with van der Waals surface area (Å²) in [5.74, 6) is -0.465. The smallest absolute Gasteiger partial charge is 0.407 e. The summed E-state index contributed by atoms with van der Waals surface area (Å²) in [7, 11) is 0. The second kappa shape index (κ2) is 9.60. The number of ether oxygens (including phenoxy) is 2. The number of aryl methyl sites for hydroxylation is 2. The van der Waals surface area contributed by atoms with Crippen LogP contribution in [0.5, 0.6) is 0 Å². The highest BCUT2D eigenvalue weighted by molar-refractivity contribution is 5.86. The van der Waals surface area contributed by atoms with Crippen molar-refractivity contribution in [1.82, 2.24) is 5.32 Å². The number of rotatable bonds is 8. The van der Waals surface area contributed by atoms with Gasteiger partial charge in [0, 0.05) is 5.57 Å². The van der Waals surface area contributed by atoms with Crippen molar-refractivity contribution in [2.75, 3.05) is 19.8 Å². The van der Waals surface area contributed by atoms with Gasteiger partial charge in [0.25, 0.3) is 0 Å². The van der Waals surface area contributed by atoms with Gasteiger partial charge in [-0.3, -0.25) is 0 Å². The molecule has 1 rings (SSSR count). The molecule has 0 fully saturated rings. The van der Waals surface area contributed by atoms with Crippen molar-refractivity contribution in [1.29, 1.82) is 0 Å². The van der Waals surface area contributed by atoms with E-state index in [0.29, 0.717) is 12.2 Å². The summed E-state index contributed by atoms with van der Waals surface area (Å²) >= 11 is 0. The van der Waals surface area contributed by atoms with E-state index in [0.717, 1.165) is 12.8 Å². The van der Waals surface area contributed by atoms with Crippen LogP contribution < -0.4 is 5.32 Å². The first-order valence-corrected chi connectivity index (χ1v) is 7.28. The maximum absolute atomic E-state index is 11.4. The van der Waals surface area contributed by atoms with Crippen molar-refractivity contribution >= 4 is 12.1 Å². The molecule has 0 aliphatic carbocycles. The Morgan fingerprint density at radius 2 is 2.00 bits per heavy atom. The zero-order valence-corrected chi connectivity index (χ0v) is 13.2. The van der Waals surface area contributed by atoms with Crippen molar-refractivity contribution in [3.05, 3.63) is 47.5 Å². The Morgan fingerprint density at radius 1 is 1.23 bits per heavy atom. The Bertz CT molecular complexity index is 525. The van der Waals surface area contributed by atoms with Gasteiger partial charge in [0.15, 0.2) is 0 Å². The predicted octanol–water partition coefficient (Wildman–Crippen LogP) is 2.77. The molecule has 0 radical (unpaired) electrons. The lowest BCUT2D eigenvalue weighted by Crippen LogP contribution is -2.29. The van der Waals surface area contributed by atoms with Gasteiger partial charge < -0.3 is 14.8 Å². The van der Waals surface area contributed by atoms with Gasteiger partial charge in [0.1, 0.15) is 6.61 Å². The summed E-state index contributed by atoms with van der Waals surface area (Å²) in [6.45, 7) is 7.75. The van der Waals surface area contributed by atoms with Crippen molar-refractivity contribution in [3.63, 3.8) is 0 Å². The molecule has 0 saturated carbocycles. The average Bonchev–Trinajstić information content (AvgIpc) is 2.48. The molecule has 5 nitrogen and oxygen atoms in total. The second-order valence-corrected chi connectivity index (χ2v) is 5.07. The van der Waals surface area contributed by atoms with Crippen LogP contribution in [-0.2, 0) is 20.7 Å². The third-order valence-corrected chi connectivity index (χ3v) is 2.88. The number of amides is 1. The average molecular weight is 305 g/mol. The molecule has 0 heterocycles. The molecule has 120 valence electrons. The van der Waals surface area contributed by atoms with E-state index < -0.39 is 12.1 Å². The summed E-state index contributed by atoms with van der Waals surface area (Å²) in [4.78, 5) is 22.5. The molecule has 0 saturated heterocycles. The lowest BCUT2D eigenvalue weighted by Gasteiger charge is -2.08. The molecule has 1 aromatic rings. The Labute approximate surface area is 131 Å². The molecule has 0 aromatic heterocycles. The van der Waals surface area contributed by atoms with E-state index in [1.54, 1.807) is 6.92 Å². The number of hydrogen-bond donors (Lipinski definition) is 1. The van der Waals surface area contributed by atoms with Crippen molar-refractivity contribution < 1.29 is 19.1 Å². The Kier molecular flexibility index (Phi) is 7.75. The van der Waals surface area contributed by atoms with Gasteiger partial charge in [-0.1, -0.05) is 36.4 Å². The van der Waals surface area contributed by atoms with E-state index >= 15 is 0 Å². The molecule has 0 atom stereocenters. The van der Waals surface area contributed by atoms with E-state index in [4.69, 9.17) is 9.47 Å². The third kappa shape index (κ3) is 7.47. The first kappa shape index (κ1) is 17.8. The minimum absolute atomic E-state index is 0.101. The Hall–Kier alpha value is -2.30. The van der Waals surface area contributed by atoms with E-state index in [2.05, 4.69) is 24.0 Å². The van der Waals surface area contributed by atoms with E-state index in [9.17, 15) is 9.59 Å². The lowest BCUT2D eigenvalue weighted by molar-refractivity contribution is -0.138. The predicted molar refractivity (Wildman–Crippen MR) is 84.6 cm³/mol. The summed E-state index contributed by atoms with van der Waals surface area (Å²) in [6, 6.07) is 8.25. The molecule has 1 aromatic carbocycles. The zero-order chi connectivity index (χ0) is 16.4. The number of benzene rings is 1. The monoisotopic (exact) mass is 305 g/mol. The quantitative estimate of drug-likeness (QED) is 0.456. The van der Waals surface area contributed by atoms with Crippen LogP contribution in [0.2, 0.25) is 0 Å². The molecule has 0 bridgehead atoms. The highest BCUT2D eigenvalue weighted by atomic mass is 16.6. The highest BCUT2D eigenvalue weighted by Gasteiger charge is 2.04. The maximum atomic E-state index is 11.4. The molecule has 0 aliphatic heterocycles. The van der Waals surface area contributed by atoms with Gasteiger partial charge >= 0.3 is 12.1 Å². The molecule has 22 heavy (non-hydrogen) atoms. The molecule has 1 amide bonds. The van der Waals surface area contributed by atoms with Crippen LogP contribution in [-0.4, -0.2) is 31.8 Å². The second-order valence-electron chi connectivity index (χ2n) is 5.07. The molecule has 5 heteroatoms. The number of nitrogens with one attached hydrogen (secondary N) is 1. The minimum atomic E-state index is -0.504. The summed E-state index contributed by atoms with van der Waals surface area (Å²) in [6.07, 6.45) is 1.13. The standard InChI is InChI=1S/C17H23NO4/c1-13(2)16(19)21-11-9-18-17(20)22-10-5-8-15-7-4-6-14(3)12-15/h4,6-7,12H,1,5,8-11H2,2-3H3,(H,18,20). The van der Waals surface area contributed by atoms with Crippen LogP contribution in [0.15, 0.2) is 36.4 Å². The normalized spacial score (nSPS) is 9.91. The molecule has 0 spiro atoms. The van der Waals surface area contributed by atoms with Crippen LogP contribution in [0.1, 0.15) is 24.5 Å². The molecular weight excluding hydrogens is 282 g/mol. The number of carbonyl (C=O) groups excluding carboxylic acids is 2. The molecule has 0 aliphatic rings. The van der Waals surface area contributed by atoms with Gasteiger partial charge in [0.05, 0.1) is 13.2 Å². The van der Waals surface area contributed by atoms with Crippen LogP contribution >= 0.6 is 0 Å². The largest absolute Gasteiger partial charge is 0.460 e. The zero-order valence-electron chi connectivity index (χ0n) is 13.2. The third-order valence-electron chi connectivity index (χ3n) is 2.88. The fourth-order valence-corrected chi connectivity index (χ4v) is 1.78. The van der Waals surface area contributed by atoms with Crippen molar-refractivity contribution in [2.24, 2.45) is 0 Å². The van der Waals surface area contributed by atoms with Crippen LogP contribution in [0.4, 0.5) is 4.79 Å². The Morgan fingerprint density at radius 3 is 2.68 bits per heavy atom. The van der Waals surface area contributed by atoms with Crippen LogP contribution in [0, 0.1) is 6.92 Å². The fourth-order valence-electron chi connectivity index (χ4n) is 1.78. The van der Waals surface area contributed by atoms with Gasteiger partial charge in [0.2, 0.25) is 0 Å². The number of hydrogen-bond acceptors (Lipinski definition) is 4. The van der Waals surface area contributed by atoms with Crippen LogP contribution in [0.25, 0.3) is 0 Å². The van der Waals surface area contributed by atoms with Crippen LogP contribution in [0.3, 0.4) is 0 Å². The highest BCUT2D eigenvalue weighted by Crippen LogP contribution is 2.06. The number of alkyl carbamates (subject to hydrolysis) is 1. The summed E-state index contributed by atoms with van der Waals surface area (Å²) in [5.41, 5.74) is 2.79. The van der Waals surface area contributed by atoms with E-state index in [-0.39, 0.29) is 13.2 Å². The van der Waals surface area contributed by atoms with Crippen molar-refractivity contribution in [3.8, 4) is 0 Å². The fraction of sp³-hybridized carbons (Fsp3) is 0.412.